The molecule has 9 nitrogen and oxygen atoms in total. The molecule has 1 aliphatic rings. The molecule has 0 atom stereocenters. The van der Waals surface area contributed by atoms with Crippen molar-refractivity contribution in [3.63, 3.8) is 0 Å². The highest BCUT2D eigenvalue weighted by Crippen LogP contribution is 2.30. The van der Waals surface area contributed by atoms with Crippen molar-refractivity contribution in [2.75, 3.05) is 13.1 Å². The average Bonchev–Trinajstić information content (AvgIpc) is 3.31. The molecule has 168 valence electrons. The van der Waals surface area contributed by atoms with Gasteiger partial charge in [-0.2, -0.15) is 5.10 Å². The second-order valence-corrected chi connectivity index (χ2v) is 8.12. The Balaban J connectivity index is 1.22. The lowest BCUT2D eigenvalue weighted by atomic mass is 10.0. The van der Waals surface area contributed by atoms with Gasteiger partial charge in [-0.05, 0) is 54.8 Å². The molecule has 33 heavy (non-hydrogen) atoms. The number of aromatic hydroxyl groups is 1. The van der Waals surface area contributed by atoms with Gasteiger partial charge in [0.05, 0.1) is 17.3 Å². The quantitative estimate of drug-likeness (QED) is 0.431. The van der Waals surface area contributed by atoms with Crippen LogP contribution in [0.1, 0.15) is 18.4 Å². The molecule has 9 heteroatoms. The summed E-state index contributed by atoms with van der Waals surface area (Å²) in [5, 5.41) is 20.0. The molecule has 0 spiro atoms. The number of aromatic nitrogens is 4. The molecule has 0 unspecified atom stereocenters. The van der Waals surface area contributed by atoms with Crippen LogP contribution in [0.4, 0.5) is 4.79 Å². The van der Waals surface area contributed by atoms with E-state index in [2.05, 4.69) is 30.4 Å². The number of benzene rings is 1. The number of rotatable bonds is 5. The van der Waals surface area contributed by atoms with Crippen LogP contribution < -0.4 is 10.1 Å². The number of nitrogens with one attached hydrogen (secondary N) is 2. The Labute approximate surface area is 190 Å². The number of pyridine rings is 2. The third kappa shape index (κ3) is 4.93. The maximum absolute atomic E-state index is 12.7. The molecule has 4 heterocycles. The molecule has 1 saturated heterocycles. The highest BCUT2D eigenvalue weighted by atomic mass is 16.6. The minimum atomic E-state index is -0.493. The number of H-pyrrole nitrogens is 1. The Bertz CT molecular complexity index is 1230. The first-order valence-electron chi connectivity index (χ1n) is 10.9. The minimum absolute atomic E-state index is 0.0597. The van der Waals surface area contributed by atoms with Gasteiger partial charge in [-0.25, -0.2) is 9.78 Å². The molecule has 1 aromatic carbocycles. The van der Waals surface area contributed by atoms with Crippen molar-refractivity contribution in [3.8, 4) is 22.8 Å². The molecular formula is C24H24N6O3. The highest BCUT2D eigenvalue weighted by molar-refractivity contribution is 5.87. The van der Waals surface area contributed by atoms with Crippen LogP contribution in [0.2, 0.25) is 0 Å². The summed E-state index contributed by atoms with van der Waals surface area (Å²) in [5.41, 5.74) is 3.16. The summed E-state index contributed by atoms with van der Waals surface area (Å²) >= 11 is 0. The van der Waals surface area contributed by atoms with Gasteiger partial charge in [-0.3, -0.25) is 15.0 Å². The smallest absolute Gasteiger partial charge is 0.412 e. The molecule has 0 saturated carbocycles. The van der Waals surface area contributed by atoms with Crippen molar-refractivity contribution in [2.45, 2.75) is 25.4 Å². The van der Waals surface area contributed by atoms with Crippen LogP contribution in [-0.2, 0) is 6.54 Å². The van der Waals surface area contributed by atoms with Gasteiger partial charge in [-0.1, -0.05) is 0 Å². The van der Waals surface area contributed by atoms with E-state index in [1.807, 2.05) is 24.5 Å². The number of likely N-dealkylation sites (tertiary alicyclic amines) is 1. The number of aromatic amines is 1. The van der Waals surface area contributed by atoms with Gasteiger partial charge in [0, 0.05) is 49.7 Å². The normalized spacial score (nSPS) is 14.9. The third-order valence-corrected chi connectivity index (χ3v) is 5.82. The number of phenolic OH excluding ortho intramolecular Hbond substituents is 1. The first kappa shape index (κ1) is 20.9. The molecule has 4 aromatic rings. The number of phenols is 1. The van der Waals surface area contributed by atoms with Crippen molar-refractivity contribution >= 4 is 17.1 Å². The Morgan fingerprint density at radius 3 is 2.67 bits per heavy atom. The minimum Gasteiger partial charge on any atom is -0.508 e. The van der Waals surface area contributed by atoms with Gasteiger partial charge in [0.15, 0.2) is 5.65 Å². The Kier molecular flexibility index (Phi) is 5.86. The highest BCUT2D eigenvalue weighted by Gasteiger charge is 2.22. The molecule has 0 radical (unpaired) electrons. The summed E-state index contributed by atoms with van der Waals surface area (Å²) in [6, 6.07) is 12.5. The van der Waals surface area contributed by atoms with Gasteiger partial charge in [-0.15, -0.1) is 0 Å². The second kappa shape index (κ2) is 9.25. The summed E-state index contributed by atoms with van der Waals surface area (Å²) in [7, 11) is 0. The largest absolute Gasteiger partial charge is 0.508 e. The Morgan fingerprint density at radius 1 is 1.15 bits per heavy atom. The first-order chi connectivity index (χ1) is 16.1. The van der Waals surface area contributed by atoms with E-state index in [0.29, 0.717) is 22.5 Å². The van der Waals surface area contributed by atoms with Gasteiger partial charge < -0.3 is 15.2 Å². The summed E-state index contributed by atoms with van der Waals surface area (Å²) in [5.74, 6) is 0.550. The van der Waals surface area contributed by atoms with Crippen LogP contribution in [0, 0.1) is 0 Å². The standard InChI is InChI=1S/C24H24N6O3/c31-19-3-1-17(2-4-19)21-13-22(20-14-26-29-23(20)28-21)33-24(32)27-18-7-11-30(12-8-18)15-16-5-9-25-10-6-16/h1-6,9-10,13-14,18,31H,7-8,11-12,15H2,(H,27,32)(H,26,28,29). The molecule has 1 aliphatic heterocycles. The number of hydrogen-bond donors (Lipinski definition) is 3. The predicted octanol–water partition coefficient (Wildman–Crippen LogP) is 3.48. The van der Waals surface area contributed by atoms with E-state index in [1.165, 1.54) is 5.56 Å². The molecular weight excluding hydrogens is 420 g/mol. The zero-order valence-corrected chi connectivity index (χ0v) is 17.9. The summed E-state index contributed by atoms with van der Waals surface area (Å²) in [6.45, 7) is 2.69. The van der Waals surface area contributed by atoms with E-state index in [4.69, 9.17) is 4.74 Å². The van der Waals surface area contributed by atoms with E-state index in [0.717, 1.165) is 38.0 Å². The Hall–Kier alpha value is -3.98. The van der Waals surface area contributed by atoms with Crippen LogP contribution in [0.3, 0.4) is 0 Å². The summed E-state index contributed by atoms with van der Waals surface area (Å²) in [6.07, 6.45) is 6.43. The fourth-order valence-corrected chi connectivity index (χ4v) is 4.04. The van der Waals surface area contributed by atoms with E-state index < -0.39 is 6.09 Å². The third-order valence-electron chi connectivity index (χ3n) is 5.82. The maximum Gasteiger partial charge on any atom is 0.412 e. The van der Waals surface area contributed by atoms with Crippen LogP contribution in [0.15, 0.2) is 61.1 Å². The van der Waals surface area contributed by atoms with E-state index in [-0.39, 0.29) is 11.8 Å². The van der Waals surface area contributed by atoms with Crippen molar-refractivity contribution in [1.29, 1.82) is 0 Å². The van der Waals surface area contributed by atoms with Crippen molar-refractivity contribution in [2.24, 2.45) is 0 Å². The van der Waals surface area contributed by atoms with Gasteiger partial charge in [0.2, 0.25) is 0 Å². The Morgan fingerprint density at radius 2 is 1.91 bits per heavy atom. The maximum atomic E-state index is 12.7. The van der Waals surface area contributed by atoms with Crippen molar-refractivity contribution in [3.05, 3.63) is 66.6 Å². The lowest BCUT2D eigenvalue weighted by Gasteiger charge is -2.32. The number of carbonyl (C=O) groups is 1. The van der Waals surface area contributed by atoms with Crippen LogP contribution in [0.5, 0.6) is 11.5 Å². The zero-order chi connectivity index (χ0) is 22.6. The molecule has 1 amide bonds. The van der Waals surface area contributed by atoms with Gasteiger partial charge >= 0.3 is 6.09 Å². The molecule has 0 aliphatic carbocycles. The number of nitrogens with zero attached hydrogens (tertiary/aromatic N) is 4. The number of ether oxygens (including phenoxy) is 1. The fraction of sp³-hybridized carbons (Fsp3) is 0.250. The van der Waals surface area contributed by atoms with Crippen LogP contribution >= 0.6 is 0 Å². The monoisotopic (exact) mass is 444 g/mol. The molecule has 0 bridgehead atoms. The van der Waals surface area contributed by atoms with E-state index in [9.17, 15) is 9.90 Å². The van der Waals surface area contributed by atoms with Crippen molar-refractivity contribution in [1.82, 2.24) is 30.4 Å². The number of hydrogen-bond acceptors (Lipinski definition) is 7. The second-order valence-electron chi connectivity index (χ2n) is 8.12. The SMILES string of the molecule is O=C(NC1CCN(Cc2ccncc2)CC1)Oc1cc(-c2ccc(O)cc2)nc2[nH]ncc12. The van der Waals surface area contributed by atoms with E-state index >= 15 is 0 Å². The lowest BCUT2D eigenvalue weighted by molar-refractivity contribution is 0.169. The number of carbonyl (C=O) groups excluding carboxylic acids is 1. The molecule has 3 aromatic heterocycles. The van der Waals surface area contributed by atoms with Crippen LogP contribution in [-0.4, -0.2) is 55.4 Å². The number of piperidine rings is 1. The van der Waals surface area contributed by atoms with Gasteiger partial charge in [0.25, 0.3) is 0 Å². The molecule has 3 N–H and O–H groups in total. The van der Waals surface area contributed by atoms with Crippen LogP contribution in [0.25, 0.3) is 22.3 Å². The topological polar surface area (TPSA) is 116 Å². The average molecular weight is 444 g/mol. The number of fused-ring (bicyclic) bond motifs is 1. The van der Waals surface area contributed by atoms with Crippen molar-refractivity contribution < 1.29 is 14.6 Å². The number of amides is 1. The van der Waals surface area contributed by atoms with E-state index in [1.54, 1.807) is 36.5 Å². The molecule has 5 rings (SSSR count). The fourth-order valence-electron chi connectivity index (χ4n) is 4.04. The predicted molar refractivity (Wildman–Crippen MR) is 123 cm³/mol. The summed E-state index contributed by atoms with van der Waals surface area (Å²) < 4.78 is 5.68. The zero-order valence-electron chi connectivity index (χ0n) is 17.9. The van der Waals surface area contributed by atoms with Gasteiger partial charge in [0.1, 0.15) is 11.5 Å². The lowest BCUT2D eigenvalue weighted by Crippen LogP contribution is -2.45. The molecule has 1 fully saturated rings. The first-order valence-corrected chi connectivity index (χ1v) is 10.9. The summed E-state index contributed by atoms with van der Waals surface area (Å²) in [4.78, 5) is 23.6.